The topological polar surface area (TPSA) is 30.5 Å². The van der Waals surface area contributed by atoms with Gasteiger partial charge in [0.1, 0.15) is 11.5 Å². The van der Waals surface area contributed by atoms with Crippen molar-refractivity contribution in [3.05, 3.63) is 59.7 Å². The number of hydrogen-bond donors (Lipinski definition) is 1. The predicted molar refractivity (Wildman–Crippen MR) is 84.0 cm³/mol. The van der Waals surface area contributed by atoms with E-state index in [1.807, 2.05) is 24.3 Å². The number of methoxy groups -OCH3 is 1. The molecule has 0 radical (unpaired) electrons. The summed E-state index contributed by atoms with van der Waals surface area (Å²) in [6, 6.07) is 16.8. The van der Waals surface area contributed by atoms with Crippen molar-refractivity contribution in [2.75, 3.05) is 20.3 Å². The molecule has 0 bridgehead atoms. The summed E-state index contributed by atoms with van der Waals surface area (Å²) in [7, 11) is 1.67. The number of hydrogen-bond acceptors (Lipinski definition) is 3. The van der Waals surface area contributed by atoms with E-state index in [1.165, 1.54) is 11.1 Å². The summed E-state index contributed by atoms with van der Waals surface area (Å²) in [5, 5.41) is 3.58. The molecule has 1 heterocycles. The molecule has 1 aliphatic rings. The van der Waals surface area contributed by atoms with Crippen LogP contribution in [0.4, 0.5) is 0 Å². The second kappa shape index (κ2) is 6.64. The smallest absolute Gasteiger partial charge is 0.119 e. The van der Waals surface area contributed by atoms with Gasteiger partial charge in [-0.05, 0) is 48.4 Å². The van der Waals surface area contributed by atoms with Crippen LogP contribution in [0.3, 0.4) is 0 Å². The number of ether oxygens (including phenoxy) is 2. The van der Waals surface area contributed by atoms with E-state index in [1.54, 1.807) is 7.11 Å². The van der Waals surface area contributed by atoms with Gasteiger partial charge in [-0.15, -0.1) is 0 Å². The number of rotatable bonds is 5. The van der Waals surface area contributed by atoms with Gasteiger partial charge in [0.2, 0.25) is 0 Å². The van der Waals surface area contributed by atoms with Gasteiger partial charge in [0.05, 0.1) is 13.7 Å². The number of benzene rings is 2. The van der Waals surface area contributed by atoms with Crippen LogP contribution in [-0.4, -0.2) is 20.3 Å². The highest BCUT2D eigenvalue weighted by molar-refractivity contribution is 5.33. The molecular weight excluding hydrogens is 262 g/mol. The lowest BCUT2D eigenvalue weighted by Crippen LogP contribution is -2.30. The second-order valence-corrected chi connectivity index (χ2v) is 5.27. The summed E-state index contributed by atoms with van der Waals surface area (Å²) >= 11 is 0. The molecule has 0 saturated carbocycles. The second-order valence-electron chi connectivity index (χ2n) is 5.27. The Hall–Kier alpha value is -2.00. The van der Waals surface area contributed by atoms with Crippen molar-refractivity contribution in [3.63, 3.8) is 0 Å². The van der Waals surface area contributed by atoms with Crippen molar-refractivity contribution >= 4 is 0 Å². The standard InChI is InChI=1S/C18H21NO2/c1-20-15-6-8-16(9-7-15)21-13-11-18-17-5-3-2-4-14(17)10-12-19-18/h2-9,18-19H,10-13H2,1H3. The Morgan fingerprint density at radius 1 is 1.05 bits per heavy atom. The van der Waals surface area contributed by atoms with E-state index in [2.05, 4.69) is 29.6 Å². The molecule has 0 aliphatic carbocycles. The quantitative estimate of drug-likeness (QED) is 0.913. The van der Waals surface area contributed by atoms with Crippen LogP contribution in [0.15, 0.2) is 48.5 Å². The summed E-state index contributed by atoms with van der Waals surface area (Å²) < 4.78 is 11.0. The minimum absolute atomic E-state index is 0.396. The highest BCUT2D eigenvalue weighted by atomic mass is 16.5. The molecular formula is C18H21NO2. The zero-order chi connectivity index (χ0) is 14.5. The van der Waals surface area contributed by atoms with Crippen LogP contribution in [0.5, 0.6) is 11.5 Å². The lowest BCUT2D eigenvalue weighted by atomic mass is 9.93. The average molecular weight is 283 g/mol. The van der Waals surface area contributed by atoms with Gasteiger partial charge in [0.25, 0.3) is 0 Å². The Kier molecular flexibility index (Phi) is 4.41. The Morgan fingerprint density at radius 3 is 2.62 bits per heavy atom. The van der Waals surface area contributed by atoms with E-state index in [-0.39, 0.29) is 0 Å². The van der Waals surface area contributed by atoms with Gasteiger partial charge in [0, 0.05) is 12.5 Å². The molecule has 2 aromatic carbocycles. The van der Waals surface area contributed by atoms with Crippen LogP contribution in [0.1, 0.15) is 23.6 Å². The fourth-order valence-corrected chi connectivity index (χ4v) is 2.82. The Morgan fingerprint density at radius 2 is 1.81 bits per heavy atom. The third-order valence-corrected chi connectivity index (χ3v) is 3.95. The zero-order valence-corrected chi connectivity index (χ0v) is 12.3. The number of fused-ring (bicyclic) bond motifs is 1. The zero-order valence-electron chi connectivity index (χ0n) is 12.3. The van der Waals surface area contributed by atoms with Crippen molar-refractivity contribution in [1.82, 2.24) is 5.32 Å². The Bertz CT molecular complexity index is 580. The maximum atomic E-state index is 5.83. The van der Waals surface area contributed by atoms with Gasteiger partial charge in [-0.25, -0.2) is 0 Å². The van der Waals surface area contributed by atoms with E-state index in [4.69, 9.17) is 9.47 Å². The minimum Gasteiger partial charge on any atom is -0.497 e. The summed E-state index contributed by atoms with van der Waals surface area (Å²) in [5.41, 5.74) is 2.88. The molecule has 1 atom stereocenters. The van der Waals surface area contributed by atoms with Gasteiger partial charge in [-0.2, -0.15) is 0 Å². The number of nitrogens with one attached hydrogen (secondary N) is 1. The third-order valence-electron chi connectivity index (χ3n) is 3.95. The van der Waals surface area contributed by atoms with E-state index in [0.717, 1.165) is 30.9 Å². The van der Waals surface area contributed by atoms with Crippen LogP contribution in [0.25, 0.3) is 0 Å². The van der Waals surface area contributed by atoms with E-state index in [0.29, 0.717) is 12.6 Å². The van der Waals surface area contributed by atoms with Gasteiger partial charge >= 0.3 is 0 Å². The Balaban J connectivity index is 1.56. The summed E-state index contributed by atoms with van der Waals surface area (Å²) in [5.74, 6) is 1.74. The third kappa shape index (κ3) is 3.37. The molecule has 21 heavy (non-hydrogen) atoms. The van der Waals surface area contributed by atoms with E-state index in [9.17, 15) is 0 Å². The van der Waals surface area contributed by atoms with Gasteiger partial charge < -0.3 is 14.8 Å². The first kappa shape index (κ1) is 14.0. The Labute approximate surface area is 125 Å². The van der Waals surface area contributed by atoms with Crippen LogP contribution < -0.4 is 14.8 Å². The van der Waals surface area contributed by atoms with Crippen LogP contribution in [0.2, 0.25) is 0 Å². The van der Waals surface area contributed by atoms with E-state index >= 15 is 0 Å². The van der Waals surface area contributed by atoms with Gasteiger partial charge in [-0.1, -0.05) is 24.3 Å². The van der Waals surface area contributed by atoms with Crippen LogP contribution in [0, 0.1) is 0 Å². The molecule has 0 amide bonds. The normalized spacial score (nSPS) is 17.1. The van der Waals surface area contributed by atoms with Crippen LogP contribution >= 0.6 is 0 Å². The molecule has 2 aromatic rings. The molecule has 0 saturated heterocycles. The molecule has 110 valence electrons. The van der Waals surface area contributed by atoms with Crippen molar-refractivity contribution < 1.29 is 9.47 Å². The maximum absolute atomic E-state index is 5.83. The molecule has 0 spiro atoms. The molecule has 3 nitrogen and oxygen atoms in total. The largest absolute Gasteiger partial charge is 0.497 e. The minimum atomic E-state index is 0.396. The molecule has 3 heteroatoms. The lowest BCUT2D eigenvalue weighted by molar-refractivity contribution is 0.283. The predicted octanol–water partition coefficient (Wildman–Crippen LogP) is 3.35. The van der Waals surface area contributed by atoms with Crippen molar-refractivity contribution in [2.45, 2.75) is 18.9 Å². The summed E-state index contributed by atoms with van der Waals surface area (Å²) in [6.45, 7) is 1.75. The molecule has 1 aliphatic heterocycles. The van der Waals surface area contributed by atoms with E-state index < -0.39 is 0 Å². The van der Waals surface area contributed by atoms with Crippen molar-refractivity contribution in [3.8, 4) is 11.5 Å². The SMILES string of the molecule is COc1ccc(OCCC2NCCc3ccccc32)cc1. The molecule has 3 rings (SSSR count). The highest BCUT2D eigenvalue weighted by Gasteiger charge is 2.18. The fourth-order valence-electron chi connectivity index (χ4n) is 2.82. The maximum Gasteiger partial charge on any atom is 0.119 e. The first-order valence-electron chi connectivity index (χ1n) is 7.45. The van der Waals surface area contributed by atoms with Crippen molar-refractivity contribution in [1.29, 1.82) is 0 Å². The molecule has 0 aromatic heterocycles. The summed E-state index contributed by atoms with van der Waals surface area (Å²) in [6.07, 6.45) is 2.09. The van der Waals surface area contributed by atoms with Gasteiger partial charge in [-0.3, -0.25) is 0 Å². The highest BCUT2D eigenvalue weighted by Crippen LogP contribution is 2.25. The van der Waals surface area contributed by atoms with Crippen LogP contribution in [-0.2, 0) is 6.42 Å². The first-order chi connectivity index (χ1) is 10.4. The molecule has 1 N–H and O–H groups in total. The average Bonchev–Trinajstić information content (AvgIpc) is 2.56. The van der Waals surface area contributed by atoms with Gasteiger partial charge in [0.15, 0.2) is 0 Å². The first-order valence-corrected chi connectivity index (χ1v) is 7.45. The fraction of sp³-hybridized carbons (Fsp3) is 0.333. The monoisotopic (exact) mass is 283 g/mol. The van der Waals surface area contributed by atoms with Crippen molar-refractivity contribution in [2.24, 2.45) is 0 Å². The molecule has 0 fully saturated rings. The lowest BCUT2D eigenvalue weighted by Gasteiger charge is -2.26. The molecule has 1 unspecified atom stereocenters. The summed E-state index contributed by atoms with van der Waals surface area (Å²) in [4.78, 5) is 0.